The molecule has 1 atom stereocenters. The fourth-order valence-electron chi connectivity index (χ4n) is 2.36. The van der Waals surface area contributed by atoms with Gasteiger partial charge in [-0.05, 0) is 55.4 Å². The second kappa shape index (κ2) is 3.35. The average molecular weight is 194 g/mol. The lowest BCUT2D eigenvalue weighted by Crippen LogP contribution is -2.13. The highest BCUT2D eigenvalue weighted by molar-refractivity contribution is 5.42. The Hall–Kier alpha value is -0.890. The van der Waals surface area contributed by atoms with E-state index in [1.165, 1.54) is 0 Å². The van der Waals surface area contributed by atoms with Crippen molar-refractivity contribution in [2.45, 2.75) is 39.2 Å². The SMILES string of the molecule is Cc1cc2c(c(C)c1F)[C@H](O)CCC2. The third-order valence-electron chi connectivity index (χ3n) is 3.07. The molecule has 1 N–H and O–H groups in total. The van der Waals surface area contributed by atoms with Gasteiger partial charge < -0.3 is 5.11 Å². The molecule has 0 saturated heterocycles. The third-order valence-corrected chi connectivity index (χ3v) is 3.07. The molecule has 0 amide bonds. The number of halogens is 1. The molecule has 14 heavy (non-hydrogen) atoms. The molecule has 2 rings (SSSR count). The van der Waals surface area contributed by atoms with Crippen molar-refractivity contribution in [1.82, 2.24) is 0 Å². The molecule has 0 bridgehead atoms. The van der Waals surface area contributed by atoms with Crippen LogP contribution in [0.4, 0.5) is 4.39 Å². The number of rotatable bonds is 0. The Morgan fingerprint density at radius 2 is 2.14 bits per heavy atom. The van der Waals surface area contributed by atoms with E-state index in [2.05, 4.69) is 0 Å². The summed E-state index contributed by atoms with van der Waals surface area (Å²) in [4.78, 5) is 0. The van der Waals surface area contributed by atoms with Crippen LogP contribution in [0.3, 0.4) is 0 Å². The molecule has 0 saturated carbocycles. The van der Waals surface area contributed by atoms with Crippen molar-refractivity contribution in [2.24, 2.45) is 0 Å². The highest BCUT2D eigenvalue weighted by Crippen LogP contribution is 2.34. The maximum atomic E-state index is 13.6. The Balaban J connectivity index is 2.64. The zero-order valence-corrected chi connectivity index (χ0v) is 8.60. The van der Waals surface area contributed by atoms with E-state index >= 15 is 0 Å². The van der Waals surface area contributed by atoms with Crippen LogP contribution >= 0.6 is 0 Å². The zero-order chi connectivity index (χ0) is 10.3. The van der Waals surface area contributed by atoms with Gasteiger partial charge in [-0.2, -0.15) is 0 Å². The second-order valence-electron chi connectivity index (χ2n) is 4.11. The van der Waals surface area contributed by atoms with Crippen LogP contribution in [-0.2, 0) is 6.42 Å². The van der Waals surface area contributed by atoms with Crippen LogP contribution in [0, 0.1) is 19.7 Å². The Labute approximate surface area is 83.6 Å². The number of aliphatic hydroxyl groups excluding tert-OH is 1. The molecular formula is C12H15FO. The Morgan fingerprint density at radius 3 is 2.86 bits per heavy atom. The first-order valence-electron chi connectivity index (χ1n) is 5.08. The summed E-state index contributed by atoms with van der Waals surface area (Å²) in [5.41, 5.74) is 3.28. The maximum Gasteiger partial charge on any atom is 0.129 e. The minimum absolute atomic E-state index is 0.162. The molecule has 0 heterocycles. The molecule has 0 spiro atoms. The predicted molar refractivity (Wildman–Crippen MR) is 53.8 cm³/mol. The summed E-state index contributed by atoms with van der Waals surface area (Å²) in [6.45, 7) is 3.54. The first-order chi connectivity index (χ1) is 6.61. The summed E-state index contributed by atoms with van der Waals surface area (Å²) < 4.78 is 13.6. The van der Waals surface area contributed by atoms with Crippen molar-refractivity contribution in [3.05, 3.63) is 34.1 Å². The molecule has 1 aromatic carbocycles. The topological polar surface area (TPSA) is 20.2 Å². The molecule has 1 aliphatic carbocycles. The molecule has 1 aliphatic rings. The standard InChI is InChI=1S/C12H15FO/c1-7-6-9-4-3-5-10(14)11(9)8(2)12(7)13/h6,10,14H,3-5H2,1-2H3/t10-/m1/s1. The fourth-order valence-corrected chi connectivity index (χ4v) is 2.36. The number of aryl methyl sites for hydroxylation is 2. The van der Waals surface area contributed by atoms with E-state index < -0.39 is 6.10 Å². The van der Waals surface area contributed by atoms with Crippen LogP contribution in [0.25, 0.3) is 0 Å². The van der Waals surface area contributed by atoms with Crippen LogP contribution in [0.5, 0.6) is 0 Å². The number of aliphatic hydroxyl groups is 1. The van der Waals surface area contributed by atoms with Crippen LogP contribution in [0.15, 0.2) is 6.07 Å². The first kappa shape index (κ1) is 9.66. The van der Waals surface area contributed by atoms with Gasteiger partial charge in [0.25, 0.3) is 0 Å². The van der Waals surface area contributed by atoms with Crippen molar-refractivity contribution in [3.63, 3.8) is 0 Å². The Bertz CT molecular complexity index is 371. The lowest BCUT2D eigenvalue weighted by atomic mass is 9.85. The van der Waals surface area contributed by atoms with Crippen LogP contribution in [-0.4, -0.2) is 5.11 Å². The van der Waals surface area contributed by atoms with Gasteiger partial charge >= 0.3 is 0 Å². The van der Waals surface area contributed by atoms with Gasteiger partial charge in [-0.3, -0.25) is 0 Å². The van der Waals surface area contributed by atoms with Gasteiger partial charge in [0.15, 0.2) is 0 Å². The molecule has 76 valence electrons. The fraction of sp³-hybridized carbons (Fsp3) is 0.500. The first-order valence-corrected chi connectivity index (χ1v) is 5.08. The normalized spacial score (nSPS) is 20.7. The van der Waals surface area contributed by atoms with E-state index in [0.717, 1.165) is 30.4 Å². The predicted octanol–water partition coefficient (Wildman–Crippen LogP) is 2.81. The van der Waals surface area contributed by atoms with Gasteiger partial charge in [0.1, 0.15) is 5.82 Å². The van der Waals surface area contributed by atoms with Crippen molar-refractivity contribution in [2.75, 3.05) is 0 Å². The van der Waals surface area contributed by atoms with Crippen LogP contribution < -0.4 is 0 Å². The zero-order valence-electron chi connectivity index (χ0n) is 8.60. The Kier molecular flexibility index (Phi) is 2.31. The van der Waals surface area contributed by atoms with E-state index in [1.54, 1.807) is 13.8 Å². The molecule has 1 nitrogen and oxygen atoms in total. The molecule has 0 aromatic heterocycles. The van der Waals surface area contributed by atoms with Crippen LogP contribution in [0.1, 0.15) is 41.2 Å². The van der Waals surface area contributed by atoms with Gasteiger partial charge in [-0.25, -0.2) is 4.39 Å². The van der Waals surface area contributed by atoms with Gasteiger partial charge in [-0.15, -0.1) is 0 Å². The maximum absolute atomic E-state index is 13.6. The molecule has 0 fully saturated rings. The number of benzene rings is 1. The van der Waals surface area contributed by atoms with Gasteiger partial charge in [-0.1, -0.05) is 6.07 Å². The van der Waals surface area contributed by atoms with E-state index in [-0.39, 0.29) is 5.82 Å². The van der Waals surface area contributed by atoms with Crippen molar-refractivity contribution >= 4 is 0 Å². The lowest BCUT2D eigenvalue weighted by molar-refractivity contribution is 0.155. The highest BCUT2D eigenvalue weighted by atomic mass is 19.1. The summed E-state index contributed by atoms with van der Waals surface area (Å²) >= 11 is 0. The largest absolute Gasteiger partial charge is 0.388 e. The number of hydrogen-bond donors (Lipinski definition) is 1. The molecular weight excluding hydrogens is 179 g/mol. The molecule has 0 aliphatic heterocycles. The number of hydrogen-bond acceptors (Lipinski definition) is 1. The molecule has 1 aromatic rings. The van der Waals surface area contributed by atoms with Crippen molar-refractivity contribution < 1.29 is 9.50 Å². The summed E-state index contributed by atoms with van der Waals surface area (Å²) in [6.07, 6.45) is 2.26. The highest BCUT2D eigenvalue weighted by Gasteiger charge is 2.22. The smallest absolute Gasteiger partial charge is 0.129 e. The summed E-state index contributed by atoms with van der Waals surface area (Å²) in [6, 6.07) is 1.88. The quantitative estimate of drug-likeness (QED) is 0.673. The number of fused-ring (bicyclic) bond motifs is 1. The lowest BCUT2D eigenvalue weighted by Gasteiger charge is -2.24. The van der Waals surface area contributed by atoms with E-state index in [1.807, 2.05) is 6.07 Å². The second-order valence-corrected chi connectivity index (χ2v) is 4.11. The Morgan fingerprint density at radius 1 is 1.43 bits per heavy atom. The molecule has 0 unspecified atom stereocenters. The van der Waals surface area contributed by atoms with Crippen LogP contribution in [0.2, 0.25) is 0 Å². The average Bonchev–Trinajstić information content (AvgIpc) is 2.14. The summed E-state index contributed by atoms with van der Waals surface area (Å²) in [5, 5.41) is 9.79. The van der Waals surface area contributed by atoms with Crippen molar-refractivity contribution in [3.8, 4) is 0 Å². The van der Waals surface area contributed by atoms with Gasteiger partial charge in [0.2, 0.25) is 0 Å². The minimum Gasteiger partial charge on any atom is -0.388 e. The molecule has 2 heteroatoms. The van der Waals surface area contributed by atoms with Gasteiger partial charge in [0, 0.05) is 0 Å². The minimum atomic E-state index is -0.464. The van der Waals surface area contributed by atoms with Crippen molar-refractivity contribution in [1.29, 1.82) is 0 Å². The molecule has 0 radical (unpaired) electrons. The van der Waals surface area contributed by atoms with E-state index in [4.69, 9.17) is 0 Å². The van der Waals surface area contributed by atoms with E-state index in [0.29, 0.717) is 11.1 Å². The van der Waals surface area contributed by atoms with E-state index in [9.17, 15) is 9.50 Å². The summed E-state index contributed by atoms with van der Waals surface area (Å²) in [7, 11) is 0. The third kappa shape index (κ3) is 1.34. The van der Waals surface area contributed by atoms with Gasteiger partial charge in [0.05, 0.1) is 6.10 Å². The monoisotopic (exact) mass is 194 g/mol. The summed E-state index contributed by atoms with van der Waals surface area (Å²) in [5.74, 6) is -0.162.